The number of hydrogen-bond donors (Lipinski definition) is 1. The first-order valence-electron chi connectivity index (χ1n) is 8.54. The molecule has 2 N–H and O–H groups in total. The number of sulfonamides is 1. The van der Waals surface area contributed by atoms with E-state index in [1.54, 1.807) is 24.3 Å². The van der Waals surface area contributed by atoms with Crippen molar-refractivity contribution in [2.75, 3.05) is 50.0 Å². The summed E-state index contributed by atoms with van der Waals surface area (Å²) in [6.45, 7) is 3.21. The molecule has 0 bridgehead atoms. The maximum absolute atomic E-state index is 12.8. The number of nitrogen functional groups attached to an aromatic ring is 1. The van der Waals surface area contributed by atoms with Gasteiger partial charge in [0.15, 0.2) is 11.5 Å². The second kappa shape index (κ2) is 6.69. The minimum atomic E-state index is -3.49. The van der Waals surface area contributed by atoms with E-state index < -0.39 is 10.0 Å². The molecule has 0 radical (unpaired) electrons. The molecular formula is C18H21N3O4S. The van der Waals surface area contributed by atoms with E-state index in [4.69, 9.17) is 15.2 Å². The molecule has 2 aromatic carbocycles. The largest absolute Gasteiger partial charge is 0.486 e. The molecule has 2 aliphatic rings. The lowest BCUT2D eigenvalue weighted by molar-refractivity contribution is 0.171. The highest BCUT2D eigenvalue weighted by Gasteiger charge is 2.29. The Morgan fingerprint density at radius 3 is 2.19 bits per heavy atom. The highest BCUT2D eigenvalue weighted by atomic mass is 32.2. The van der Waals surface area contributed by atoms with E-state index in [0.29, 0.717) is 45.1 Å². The summed E-state index contributed by atoms with van der Waals surface area (Å²) in [6, 6.07) is 12.2. The van der Waals surface area contributed by atoms with Crippen LogP contribution >= 0.6 is 0 Å². The molecule has 26 heavy (non-hydrogen) atoms. The van der Waals surface area contributed by atoms with Crippen molar-refractivity contribution in [1.82, 2.24) is 4.31 Å². The van der Waals surface area contributed by atoms with Crippen molar-refractivity contribution in [2.45, 2.75) is 4.90 Å². The van der Waals surface area contributed by atoms with Crippen molar-refractivity contribution in [2.24, 2.45) is 0 Å². The van der Waals surface area contributed by atoms with Crippen LogP contribution in [0.25, 0.3) is 0 Å². The Kier molecular flexibility index (Phi) is 4.37. The van der Waals surface area contributed by atoms with Gasteiger partial charge in [0.25, 0.3) is 0 Å². The zero-order chi connectivity index (χ0) is 18.1. The molecule has 0 spiro atoms. The van der Waals surface area contributed by atoms with Gasteiger partial charge in [-0.15, -0.1) is 0 Å². The number of piperazine rings is 1. The van der Waals surface area contributed by atoms with E-state index in [9.17, 15) is 8.42 Å². The molecule has 0 aromatic heterocycles. The maximum atomic E-state index is 12.8. The SMILES string of the molecule is Nc1ccc(S(=O)(=O)N2CCN(c3ccc4c(c3)OCCO4)CC2)cc1. The Balaban J connectivity index is 1.46. The van der Waals surface area contributed by atoms with Gasteiger partial charge in [-0.2, -0.15) is 4.31 Å². The van der Waals surface area contributed by atoms with Gasteiger partial charge in [-0.25, -0.2) is 8.42 Å². The number of ether oxygens (including phenoxy) is 2. The second-order valence-electron chi connectivity index (χ2n) is 6.29. The summed E-state index contributed by atoms with van der Waals surface area (Å²) in [5.74, 6) is 1.50. The van der Waals surface area contributed by atoms with E-state index in [1.807, 2.05) is 18.2 Å². The Morgan fingerprint density at radius 2 is 1.50 bits per heavy atom. The first-order valence-corrected chi connectivity index (χ1v) is 9.98. The predicted octanol–water partition coefficient (Wildman–Crippen LogP) is 1.55. The van der Waals surface area contributed by atoms with Crippen LogP contribution in [0.5, 0.6) is 11.5 Å². The van der Waals surface area contributed by atoms with Crippen molar-refractivity contribution >= 4 is 21.4 Å². The number of anilines is 2. The van der Waals surface area contributed by atoms with Gasteiger partial charge < -0.3 is 20.1 Å². The quantitative estimate of drug-likeness (QED) is 0.820. The summed E-state index contributed by atoms with van der Waals surface area (Å²) in [7, 11) is -3.49. The fourth-order valence-corrected chi connectivity index (χ4v) is 4.63. The van der Waals surface area contributed by atoms with Crippen LogP contribution in [0.2, 0.25) is 0 Å². The number of nitrogens with two attached hydrogens (primary N) is 1. The van der Waals surface area contributed by atoms with Crippen molar-refractivity contribution in [3.8, 4) is 11.5 Å². The van der Waals surface area contributed by atoms with Crippen molar-refractivity contribution in [3.05, 3.63) is 42.5 Å². The Morgan fingerprint density at radius 1 is 0.846 bits per heavy atom. The lowest BCUT2D eigenvalue weighted by atomic mass is 10.2. The van der Waals surface area contributed by atoms with Gasteiger partial charge >= 0.3 is 0 Å². The first-order chi connectivity index (χ1) is 12.5. The van der Waals surface area contributed by atoms with Crippen LogP contribution in [0.3, 0.4) is 0 Å². The zero-order valence-corrected chi connectivity index (χ0v) is 15.1. The first kappa shape index (κ1) is 17.0. The normalized spacial score (nSPS) is 17.9. The van der Waals surface area contributed by atoms with Crippen LogP contribution in [0.1, 0.15) is 0 Å². The number of nitrogens with zero attached hydrogens (tertiary/aromatic N) is 2. The molecular weight excluding hydrogens is 354 g/mol. The highest BCUT2D eigenvalue weighted by Crippen LogP contribution is 2.34. The smallest absolute Gasteiger partial charge is 0.243 e. The Labute approximate surface area is 153 Å². The zero-order valence-electron chi connectivity index (χ0n) is 14.3. The van der Waals surface area contributed by atoms with Gasteiger partial charge in [0, 0.05) is 43.6 Å². The number of benzene rings is 2. The van der Waals surface area contributed by atoms with Gasteiger partial charge in [-0.05, 0) is 36.4 Å². The second-order valence-corrected chi connectivity index (χ2v) is 8.23. The molecule has 1 fully saturated rings. The summed E-state index contributed by atoms with van der Waals surface area (Å²) in [5, 5.41) is 0. The minimum Gasteiger partial charge on any atom is -0.486 e. The lowest BCUT2D eigenvalue weighted by Crippen LogP contribution is -2.48. The number of rotatable bonds is 3. The molecule has 2 aromatic rings. The summed E-state index contributed by atoms with van der Waals surface area (Å²) < 4.78 is 38.2. The molecule has 7 nitrogen and oxygen atoms in total. The van der Waals surface area contributed by atoms with Crippen LogP contribution in [-0.4, -0.2) is 52.1 Å². The van der Waals surface area contributed by atoms with Crippen molar-refractivity contribution in [3.63, 3.8) is 0 Å². The number of fused-ring (bicyclic) bond motifs is 1. The minimum absolute atomic E-state index is 0.277. The fraction of sp³-hybridized carbons (Fsp3) is 0.333. The van der Waals surface area contributed by atoms with Gasteiger partial charge in [0.1, 0.15) is 13.2 Å². The third kappa shape index (κ3) is 3.17. The molecule has 0 amide bonds. The molecule has 2 heterocycles. The average Bonchev–Trinajstić information content (AvgIpc) is 2.68. The van der Waals surface area contributed by atoms with Crippen LogP contribution in [0, 0.1) is 0 Å². The van der Waals surface area contributed by atoms with Gasteiger partial charge in [0.2, 0.25) is 10.0 Å². The molecule has 0 aliphatic carbocycles. The molecule has 8 heteroatoms. The summed E-state index contributed by atoms with van der Waals surface area (Å²) in [6.07, 6.45) is 0. The summed E-state index contributed by atoms with van der Waals surface area (Å²) in [5.41, 5.74) is 7.21. The fourth-order valence-electron chi connectivity index (χ4n) is 3.20. The van der Waals surface area contributed by atoms with E-state index in [-0.39, 0.29) is 4.90 Å². The number of hydrogen-bond acceptors (Lipinski definition) is 6. The molecule has 2 aliphatic heterocycles. The Hall–Kier alpha value is -2.45. The van der Waals surface area contributed by atoms with E-state index >= 15 is 0 Å². The van der Waals surface area contributed by atoms with Crippen molar-refractivity contribution < 1.29 is 17.9 Å². The molecule has 0 atom stereocenters. The van der Waals surface area contributed by atoms with Crippen LogP contribution < -0.4 is 20.1 Å². The van der Waals surface area contributed by atoms with Crippen LogP contribution in [0.15, 0.2) is 47.4 Å². The van der Waals surface area contributed by atoms with E-state index in [1.165, 1.54) is 4.31 Å². The standard InChI is InChI=1S/C18H21N3O4S/c19-14-1-4-16(5-2-14)26(22,23)21-9-7-20(8-10-21)15-3-6-17-18(13-15)25-12-11-24-17/h1-6,13H,7-12,19H2. The summed E-state index contributed by atoms with van der Waals surface area (Å²) in [4.78, 5) is 2.44. The summed E-state index contributed by atoms with van der Waals surface area (Å²) >= 11 is 0. The molecule has 138 valence electrons. The molecule has 4 rings (SSSR count). The average molecular weight is 375 g/mol. The molecule has 1 saturated heterocycles. The highest BCUT2D eigenvalue weighted by molar-refractivity contribution is 7.89. The van der Waals surface area contributed by atoms with Gasteiger partial charge in [0.05, 0.1) is 4.90 Å². The molecule has 0 saturated carbocycles. The third-order valence-corrected chi connectivity index (χ3v) is 6.56. The monoisotopic (exact) mass is 375 g/mol. The lowest BCUT2D eigenvalue weighted by Gasteiger charge is -2.35. The van der Waals surface area contributed by atoms with E-state index in [0.717, 1.165) is 17.2 Å². The topological polar surface area (TPSA) is 85.1 Å². The Bertz CT molecular complexity index is 891. The molecule has 0 unspecified atom stereocenters. The van der Waals surface area contributed by atoms with Gasteiger partial charge in [-0.1, -0.05) is 0 Å². The van der Waals surface area contributed by atoms with E-state index in [2.05, 4.69) is 4.90 Å². The van der Waals surface area contributed by atoms with Crippen LogP contribution in [0.4, 0.5) is 11.4 Å². The maximum Gasteiger partial charge on any atom is 0.243 e. The third-order valence-electron chi connectivity index (χ3n) is 4.65. The predicted molar refractivity (Wildman–Crippen MR) is 99.3 cm³/mol. The van der Waals surface area contributed by atoms with Crippen LogP contribution in [-0.2, 0) is 10.0 Å². The van der Waals surface area contributed by atoms with Crippen molar-refractivity contribution in [1.29, 1.82) is 0 Å². The van der Waals surface area contributed by atoms with Gasteiger partial charge in [-0.3, -0.25) is 0 Å².